The highest BCUT2D eigenvalue weighted by molar-refractivity contribution is 5.91. The van der Waals surface area contributed by atoms with Crippen LogP contribution < -0.4 is 4.90 Å². The lowest BCUT2D eigenvalue weighted by Crippen LogP contribution is -2.23. The summed E-state index contributed by atoms with van der Waals surface area (Å²) in [7, 11) is 0. The Bertz CT molecular complexity index is 2670. The zero-order valence-corrected chi connectivity index (χ0v) is 39.0. The molecule has 0 heterocycles. The predicted molar refractivity (Wildman–Crippen MR) is 264 cm³/mol. The van der Waals surface area contributed by atoms with Crippen LogP contribution in [0.5, 0.6) is 0 Å². The Morgan fingerprint density at radius 3 is 1.46 bits per heavy atom. The fourth-order valence-electron chi connectivity index (χ4n) is 9.54. The number of nitrogens with zero attached hydrogens (tertiary/aromatic N) is 1. The fourth-order valence-corrected chi connectivity index (χ4v) is 9.54. The Kier molecular flexibility index (Phi) is 10.4. The smallest absolute Gasteiger partial charge is 0.0540 e. The normalized spacial score (nSPS) is 15.4. The summed E-state index contributed by atoms with van der Waals surface area (Å²) in [5.41, 5.74) is 20.3. The molecule has 0 saturated carbocycles. The Balaban J connectivity index is 1.34. The van der Waals surface area contributed by atoms with Gasteiger partial charge in [-0.1, -0.05) is 210 Å². The molecule has 0 aromatic heterocycles. The Labute approximate surface area is 367 Å². The quantitative estimate of drug-likeness (QED) is 0.162. The number of benzene rings is 7. The largest absolute Gasteiger partial charge is 0.310 e. The molecule has 1 aliphatic rings. The van der Waals surface area contributed by atoms with Crippen LogP contribution in [-0.4, -0.2) is 0 Å². The first-order valence-electron chi connectivity index (χ1n) is 22.3. The van der Waals surface area contributed by atoms with E-state index in [1.807, 2.05) is 0 Å². The van der Waals surface area contributed by atoms with Crippen LogP contribution in [0.25, 0.3) is 33.4 Å². The molecule has 8 rings (SSSR count). The zero-order valence-electron chi connectivity index (χ0n) is 39.0. The van der Waals surface area contributed by atoms with Crippen LogP contribution in [0.1, 0.15) is 129 Å². The molecule has 1 nitrogen and oxygen atoms in total. The summed E-state index contributed by atoms with van der Waals surface area (Å²) in [6.45, 7) is 30.5. The maximum absolute atomic E-state index is 2.48. The predicted octanol–water partition coefficient (Wildman–Crippen LogP) is 17.0. The van der Waals surface area contributed by atoms with E-state index in [1.165, 1.54) is 72.3 Å². The molecule has 0 radical (unpaired) electrons. The molecule has 1 aliphatic carbocycles. The summed E-state index contributed by atoms with van der Waals surface area (Å²) < 4.78 is 0. The fraction of sp³-hybridized carbons (Fsp3) is 0.300. The van der Waals surface area contributed by atoms with Gasteiger partial charge in [0, 0.05) is 22.4 Å². The molecule has 0 spiro atoms. The van der Waals surface area contributed by atoms with Gasteiger partial charge in [0.05, 0.1) is 5.69 Å². The topological polar surface area (TPSA) is 3.24 Å². The molecular weight excluding hydrogens is 735 g/mol. The maximum Gasteiger partial charge on any atom is 0.0540 e. The van der Waals surface area contributed by atoms with Crippen LogP contribution in [0.15, 0.2) is 158 Å². The summed E-state index contributed by atoms with van der Waals surface area (Å²) in [4.78, 5) is 2.48. The van der Waals surface area contributed by atoms with Crippen LogP contribution in [0.4, 0.5) is 17.1 Å². The van der Waals surface area contributed by atoms with E-state index in [9.17, 15) is 0 Å². The van der Waals surface area contributed by atoms with Gasteiger partial charge in [0.2, 0.25) is 0 Å². The lowest BCUT2D eigenvalue weighted by molar-refractivity contribution is 0.550. The van der Waals surface area contributed by atoms with Crippen molar-refractivity contribution in [1.29, 1.82) is 0 Å². The number of rotatable bonds is 6. The van der Waals surface area contributed by atoms with Gasteiger partial charge >= 0.3 is 0 Å². The number of hydrogen-bond donors (Lipinski definition) is 0. The van der Waals surface area contributed by atoms with Crippen LogP contribution in [0.2, 0.25) is 0 Å². The second-order valence-electron chi connectivity index (χ2n) is 21.7. The summed E-state index contributed by atoms with van der Waals surface area (Å²) in [6, 6.07) is 59.7. The van der Waals surface area contributed by atoms with Crippen LogP contribution in [0, 0.1) is 0 Å². The van der Waals surface area contributed by atoms with E-state index in [2.05, 4.69) is 253 Å². The van der Waals surface area contributed by atoms with Gasteiger partial charge in [0.1, 0.15) is 0 Å². The standard InChI is InChI=1S/C60H65N/c1-56(2,3)42-29-31-43(32-30-42)60(13)50-25-19-17-24-48(50)49-36-35-46(39-51(49)60)61(54-26-20-18-23-47(54)40-21-15-14-16-22-40)45-33-27-41(28-34-45)55-52(58(7,8)9)37-44(57(4,5)6)38-53(55)59(10,11)12/h14-39H,1-13H3. The highest BCUT2D eigenvalue weighted by atomic mass is 15.1. The first-order chi connectivity index (χ1) is 28.7. The van der Waals surface area contributed by atoms with E-state index < -0.39 is 0 Å². The summed E-state index contributed by atoms with van der Waals surface area (Å²) >= 11 is 0. The molecule has 0 fully saturated rings. The average molecular weight is 800 g/mol. The SMILES string of the molecule is CC(C)(C)c1ccc(C2(C)c3ccccc3-c3ccc(N(c4ccc(-c5c(C(C)(C)C)cc(C(C)(C)C)cc5C(C)(C)C)cc4)c4ccccc4-c4ccccc4)cc32)cc1. The minimum absolute atomic E-state index is 0.0399. The van der Waals surface area contributed by atoms with E-state index in [0.717, 1.165) is 17.1 Å². The minimum Gasteiger partial charge on any atom is -0.310 e. The van der Waals surface area contributed by atoms with Crippen molar-refractivity contribution in [3.05, 3.63) is 197 Å². The molecule has 7 aromatic carbocycles. The van der Waals surface area contributed by atoms with Crippen molar-refractivity contribution in [2.24, 2.45) is 0 Å². The molecule has 61 heavy (non-hydrogen) atoms. The van der Waals surface area contributed by atoms with Gasteiger partial charge in [0.25, 0.3) is 0 Å². The number of fused-ring (bicyclic) bond motifs is 3. The average Bonchev–Trinajstić information content (AvgIpc) is 3.48. The molecule has 0 N–H and O–H groups in total. The maximum atomic E-state index is 2.48. The molecule has 0 amide bonds. The van der Waals surface area contributed by atoms with Crippen molar-refractivity contribution in [2.75, 3.05) is 4.90 Å². The molecule has 7 aromatic rings. The molecule has 0 bridgehead atoms. The first-order valence-corrected chi connectivity index (χ1v) is 22.3. The van der Waals surface area contributed by atoms with Gasteiger partial charge < -0.3 is 4.90 Å². The van der Waals surface area contributed by atoms with E-state index in [0.29, 0.717) is 0 Å². The van der Waals surface area contributed by atoms with Gasteiger partial charge in [-0.3, -0.25) is 0 Å². The molecule has 310 valence electrons. The monoisotopic (exact) mass is 800 g/mol. The first kappa shape index (κ1) is 42.0. The van der Waals surface area contributed by atoms with Crippen molar-refractivity contribution >= 4 is 17.1 Å². The molecule has 1 atom stereocenters. The van der Waals surface area contributed by atoms with Crippen molar-refractivity contribution in [3.63, 3.8) is 0 Å². The highest BCUT2D eigenvalue weighted by Crippen LogP contribution is 2.55. The Morgan fingerprint density at radius 2 is 0.885 bits per heavy atom. The van der Waals surface area contributed by atoms with E-state index in [1.54, 1.807) is 0 Å². The summed E-state index contributed by atoms with van der Waals surface area (Å²) in [5.74, 6) is 0. The van der Waals surface area contributed by atoms with Crippen LogP contribution >= 0.6 is 0 Å². The number of hydrogen-bond acceptors (Lipinski definition) is 1. The second kappa shape index (κ2) is 15.1. The third-order valence-corrected chi connectivity index (χ3v) is 13.1. The molecule has 0 saturated heterocycles. The molecule has 1 unspecified atom stereocenters. The third kappa shape index (κ3) is 7.67. The van der Waals surface area contributed by atoms with Gasteiger partial charge in [-0.25, -0.2) is 0 Å². The van der Waals surface area contributed by atoms with Gasteiger partial charge in [-0.05, 0) is 126 Å². The van der Waals surface area contributed by atoms with Gasteiger partial charge in [-0.15, -0.1) is 0 Å². The Morgan fingerprint density at radius 1 is 0.377 bits per heavy atom. The van der Waals surface area contributed by atoms with Crippen molar-refractivity contribution in [3.8, 4) is 33.4 Å². The van der Waals surface area contributed by atoms with Crippen LogP contribution in [0.3, 0.4) is 0 Å². The summed E-state index contributed by atoms with van der Waals surface area (Å²) in [5, 5.41) is 0. The van der Waals surface area contributed by atoms with Crippen molar-refractivity contribution in [1.82, 2.24) is 0 Å². The zero-order chi connectivity index (χ0) is 43.7. The van der Waals surface area contributed by atoms with Crippen molar-refractivity contribution < 1.29 is 0 Å². The molecular formula is C60H65N. The minimum atomic E-state index is -0.335. The van der Waals surface area contributed by atoms with Crippen LogP contribution in [-0.2, 0) is 27.1 Å². The third-order valence-electron chi connectivity index (χ3n) is 13.1. The molecule has 1 heteroatoms. The van der Waals surface area contributed by atoms with Gasteiger partial charge in [-0.2, -0.15) is 0 Å². The lowest BCUT2D eigenvalue weighted by atomic mass is 9.71. The number of anilines is 3. The Hall–Kier alpha value is -5.66. The number of para-hydroxylation sites is 1. The van der Waals surface area contributed by atoms with E-state index >= 15 is 0 Å². The molecule has 0 aliphatic heterocycles. The van der Waals surface area contributed by atoms with Gasteiger partial charge in [0.15, 0.2) is 0 Å². The van der Waals surface area contributed by atoms with E-state index in [4.69, 9.17) is 0 Å². The van der Waals surface area contributed by atoms with E-state index in [-0.39, 0.29) is 27.1 Å². The highest BCUT2D eigenvalue weighted by Gasteiger charge is 2.41. The van der Waals surface area contributed by atoms with Crippen molar-refractivity contribution in [2.45, 2.75) is 117 Å². The lowest BCUT2D eigenvalue weighted by Gasteiger charge is -2.34. The second-order valence-corrected chi connectivity index (χ2v) is 21.7. The summed E-state index contributed by atoms with van der Waals surface area (Å²) in [6.07, 6.45) is 0.